The van der Waals surface area contributed by atoms with Gasteiger partial charge in [-0.25, -0.2) is 0 Å². The number of carbonyl (C=O) groups excluding carboxylic acids is 1. The molecule has 1 heterocycles. The molecule has 0 aliphatic carbocycles. The van der Waals surface area contributed by atoms with Gasteiger partial charge < -0.3 is 18.8 Å². The largest absolute Gasteiger partial charge is 0.493 e. The van der Waals surface area contributed by atoms with Crippen LogP contribution in [-0.2, 0) is 11.8 Å². The van der Waals surface area contributed by atoms with Crippen molar-refractivity contribution in [2.45, 2.75) is 13.8 Å². The maximum absolute atomic E-state index is 11.8. The average Bonchev–Trinajstić information content (AvgIpc) is 2.91. The van der Waals surface area contributed by atoms with Crippen LogP contribution in [0.15, 0.2) is 30.3 Å². The molecule has 1 aromatic heterocycles. The summed E-state index contributed by atoms with van der Waals surface area (Å²) < 4.78 is 18.4. The lowest BCUT2D eigenvalue weighted by molar-refractivity contribution is 0.0503. The molecule has 3 aromatic rings. The lowest BCUT2D eigenvalue weighted by Crippen LogP contribution is -2.03. The molecule has 0 fully saturated rings. The van der Waals surface area contributed by atoms with Crippen LogP contribution >= 0.6 is 0 Å². The van der Waals surface area contributed by atoms with Crippen molar-refractivity contribution >= 4 is 17.2 Å². The Bertz CT molecular complexity index is 972. The van der Waals surface area contributed by atoms with Crippen molar-refractivity contribution in [2.75, 3.05) is 21.0 Å². The SMILES string of the molecule is COCOc1c(OC)cc(C=O)c2c1c(C)c(-c1ccccc1C)n2C. The standard InChI is InChI=1S/C21H23NO4/c1-13-8-6-7-9-16(13)19-14(2)18-20(22(19)3)15(11-23)10-17(25-5)21(18)26-12-24-4/h6-11H,12H2,1-5H3. The smallest absolute Gasteiger partial charge is 0.188 e. The van der Waals surface area contributed by atoms with Crippen molar-refractivity contribution in [2.24, 2.45) is 7.05 Å². The summed E-state index contributed by atoms with van der Waals surface area (Å²) in [6.45, 7) is 4.22. The second-order valence-corrected chi connectivity index (χ2v) is 6.24. The zero-order valence-corrected chi connectivity index (χ0v) is 15.8. The Morgan fingerprint density at radius 2 is 1.88 bits per heavy atom. The Hall–Kier alpha value is -2.79. The second kappa shape index (κ2) is 7.22. The topological polar surface area (TPSA) is 49.7 Å². The van der Waals surface area contributed by atoms with Gasteiger partial charge in [-0.1, -0.05) is 24.3 Å². The number of carbonyl (C=O) groups is 1. The number of methoxy groups -OCH3 is 2. The molecule has 0 aliphatic rings. The number of fused-ring (bicyclic) bond motifs is 1. The van der Waals surface area contributed by atoms with Crippen LogP contribution in [0.1, 0.15) is 21.5 Å². The number of hydrogen-bond acceptors (Lipinski definition) is 4. The van der Waals surface area contributed by atoms with Crippen molar-refractivity contribution < 1.29 is 19.0 Å². The summed E-state index contributed by atoms with van der Waals surface area (Å²) >= 11 is 0. The Balaban J connectivity index is 2.44. The molecule has 0 saturated carbocycles. The molecule has 26 heavy (non-hydrogen) atoms. The van der Waals surface area contributed by atoms with Gasteiger partial charge in [-0.05, 0) is 31.0 Å². The molecule has 5 nitrogen and oxygen atoms in total. The van der Waals surface area contributed by atoms with Crippen LogP contribution < -0.4 is 9.47 Å². The minimum Gasteiger partial charge on any atom is -0.493 e. The summed E-state index contributed by atoms with van der Waals surface area (Å²) in [5.41, 5.74) is 5.76. The normalized spacial score (nSPS) is 11.0. The number of ether oxygens (including phenoxy) is 3. The lowest BCUT2D eigenvalue weighted by atomic mass is 10.0. The summed E-state index contributed by atoms with van der Waals surface area (Å²) in [7, 11) is 5.10. The van der Waals surface area contributed by atoms with Crippen molar-refractivity contribution in [1.29, 1.82) is 0 Å². The summed E-state index contributed by atoms with van der Waals surface area (Å²) in [4.78, 5) is 11.8. The number of rotatable bonds is 6. The van der Waals surface area contributed by atoms with E-state index in [0.717, 1.165) is 34.0 Å². The molecule has 0 radical (unpaired) electrons. The van der Waals surface area contributed by atoms with Crippen molar-refractivity contribution in [3.63, 3.8) is 0 Å². The third-order valence-electron chi connectivity index (χ3n) is 4.72. The van der Waals surface area contributed by atoms with E-state index in [9.17, 15) is 4.79 Å². The van der Waals surface area contributed by atoms with Gasteiger partial charge in [0.05, 0.1) is 23.7 Å². The monoisotopic (exact) mass is 353 g/mol. The number of hydrogen-bond donors (Lipinski definition) is 0. The third-order valence-corrected chi connectivity index (χ3v) is 4.72. The summed E-state index contributed by atoms with van der Waals surface area (Å²) in [6.07, 6.45) is 0.853. The zero-order valence-electron chi connectivity index (χ0n) is 15.8. The van der Waals surface area contributed by atoms with E-state index < -0.39 is 0 Å². The molecule has 0 amide bonds. The molecule has 0 saturated heterocycles. The van der Waals surface area contributed by atoms with Crippen LogP contribution in [0, 0.1) is 13.8 Å². The molecule has 136 valence electrons. The second-order valence-electron chi connectivity index (χ2n) is 6.24. The van der Waals surface area contributed by atoms with Crippen molar-refractivity contribution in [1.82, 2.24) is 4.57 Å². The first-order valence-corrected chi connectivity index (χ1v) is 8.38. The molecular formula is C21H23NO4. The Labute approximate surface area is 153 Å². The van der Waals surface area contributed by atoms with E-state index in [4.69, 9.17) is 14.2 Å². The fourth-order valence-electron chi connectivity index (χ4n) is 3.57. The molecular weight excluding hydrogens is 330 g/mol. The van der Waals surface area contributed by atoms with Gasteiger partial charge in [-0.2, -0.15) is 0 Å². The van der Waals surface area contributed by atoms with E-state index in [1.54, 1.807) is 20.3 Å². The van der Waals surface area contributed by atoms with Crippen LogP contribution in [0.4, 0.5) is 0 Å². The third kappa shape index (κ3) is 2.74. The molecule has 0 aliphatic heterocycles. The molecule has 5 heteroatoms. The molecule has 0 unspecified atom stereocenters. The Morgan fingerprint density at radius 3 is 2.50 bits per heavy atom. The number of aldehydes is 1. The van der Waals surface area contributed by atoms with Crippen LogP contribution in [-0.4, -0.2) is 31.9 Å². The Kier molecular flexibility index (Phi) is 5.00. The maximum Gasteiger partial charge on any atom is 0.188 e. The van der Waals surface area contributed by atoms with Gasteiger partial charge in [-0.3, -0.25) is 4.79 Å². The number of nitrogens with zero attached hydrogens (tertiary/aromatic N) is 1. The highest BCUT2D eigenvalue weighted by molar-refractivity contribution is 6.06. The summed E-state index contributed by atoms with van der Waals surface area (Å²) in [5, 5.41) is 0.865. The van der Waals surface area contributed by atoms with Gasteiger partial charge in [0.25, 0.3) is 0 Å². The quantitative estimate of drug-likeness (QED) is 0.491. The first-order valence-electron chi connectivity index (χ1n) is 8.38. The number of benzene rings is 2. The maximum atomic E-state index is 11.8. The molecule has 0 atom stereocenters. The number of aromatic nitrogens is 1. The lowest BCUT2D eigenvalue weighted by Gasteiger charge is -2.13. The van der Waals surface area contributed by atoms with E-state index >= 15 is 0 Å². The van der Waals surface area contributed by atoms with Crippen molar-refractivity contribution in [3.05, 3.63) is 47.0 Å². The minimum absolute atomic E-state index is 0.0972. The molecule has 0 bridgehead atoms. The van der Waals surface area contributed by atoms with Gasteiger partial charge in [0.2, 0.25) is 0 Å². The highest BCUT2D eigenvalue weighted by Gasteiger charge is 2.24. The van der Waals surface area contributed by atoms with E-state index in [0.29, 0.717) is 17.1 Å². The first kappa shape index (κ1) is 18.0. The molecule has 0 spiro atoms. The van der Waals surface area contributed by atoms with Crippen LogP contribution in [0.2, 0.25) is 0 Å². The van der Waals surface area contributed by atoms with Gasteiger partial charge in [0, 0.05) is 25.3 Å². The van der Waals surface area contributed by atoms with E-state index in [1.807, 2.05) is 26.1 Å². The first-order chi connectivity index (χ1) is 12.5. The zero-order chi connectivity index (χ0) is 18.8. The van der Waals surface area contributed by atoms with E-state index in [1.165, 1.54) is 5.56 Å². The average molecular weight is 353 g/mol. The fraction of sp³-hybridized carbons (Fsp3) is 0.286. The van der Waals surface area contributed by atoms with Gasteiger partial charge in [-0.15, -0.1) is 0 Å². The van der Waals surface area contributed by atoms with E-state index in [2.05, 4.69) is 23.6 Å². The van der Waals surface area contributed by atoms with Crippen molar-refractivity contribution in [3.8, 4) is 22.8 Å². The molecule has 2 aromatic carbocycles. The predicted molar refractivity (Wildman–Crippen MR) is 102 cm³/mol. The van der Waals surface area contributed by atoms with E-state index in [-0.39, 0.29) is 6.79 Å². The van der Waals surface area contributed by atoms with Crippen LogP contribution in [0.25, 0.3) is 22.2 Å². The van der Waals surface area contributed by atoms with Gasteiger partial charge >= 0.3 is 0 Å². The summed E-state index contributed by atoms with van der Waals surface area (Å²) in [5.74, 6) is 1.10. The highest BCUT2D eigenvalue weighted by Crippen LogP contribution is 2.44. The fourth-order valence-corrected chi connectivity index (χ4v) is 3.57. The number of aryl methyl sites for hydroxylation is 3. The van der Waals surface area contributed by atoms with Gasteiger partial charge in [0.1, 0.15) is 0 Å². The van der Waals surface area contributed by atoms with Gasteiger partial charge in [0.15, 0.2) is 24.6 Å². The molecule has 0 N–H and O–H groups in total. The minimum atomic E-state index is 0.0972. The summed E-state index contributed by atoms with van der Waals surface area (Å²) in [6, 6.07) is 9.91. The van der Waals surface area contributed by atoms with Crippen LogP contribution in [0.3, 0.4) is 0 Å². The predicted octanol–water partition coefficient (Wildman–Crippen LogP) is 4.27. The Morgan fingerprint density at radius 1 is 1.15 bits per heavy atom. The highest BCUT2D eigenvalue weighted by atomic mass is 16.7. The van der Waals surface area contributed by atoms with Crippen LogP contribution in [0.5, 0.6) is 11.5 Å². The molecule has 3 rings (SSSR count).